The normalized spacial score (nSPS) is 14.1. The largest absolute Gasteiger partial charge is 0.446 e. The summed E-state index contributed by atoms with van der Waals surface area (Å²) in [4.78, 5) is 14.2. The summed E-state index contributed by atoms with van der Waals surface area (Å²) in [5.74, 6) is 0.400. The van der Waals surface area contributed by atoms with Crippen LogP contribution in [0.4, 0.5) is 0 Å². The Hall–Kier alpha value is -0.870. The number of carbonyl (C=O) groups excluding carboxylic acids is 1. The van der Waals surface area contributed by atoms with Gasteiger partial charge in [0.2, 0.25) is 5.78 Å². The van der Waals surface area contributed by atoms with Crippen LogP contribution < -0.4 is 0 Å². The lowest BCUT2D eigenvalue weighted by atomic mass is 10.2. The van der Waals surface area contributed by atoms with E-state index in [1.54, 1.807) is 23.5 Å². The van der Waals surface area contributed by atoms with Gasteiger partial charge in [0.05, 0.1) is 4.88 Å². The maximum absolute atomic E-state index is 12.1. The summed E-state index contributed by atoms with van der Waals surface area (Å²) in [5, 5.41) is 0. The Labute approximate surface area is 105 Å². The third-order valence-corrected chi connectivity index (χ3v) is 4.43. The maximum Gasteiger partial charge on any atom is 0.238 e. The molecule has 82 valence electrons. The molecule has 1 aliphatic rings. The van der Waals surface area contributed by atoms with Gasteiger partial charge in [-0.15, -0.1) is 11.3 Å². The van der Waals surface area contributed by atoms with Crippen LogP contribution in [-0.4, -0.2) is 5.78 Å². The molecule has 0 N–H and O–H groups in total. The molecule has 0 aromatic carbocycles. The SMILES string of the molecule is O=C(c1ccc(Br)o1)c1cc2c(s1)CCC2. The van der Waals surface area contributed by atoms with Crippen molar-refractivity contribution < 1.29 is 9.21 Å². The first-order valence-electron chi connectivity index (χ1n) is 5.15. The van der Waals surface area contributed by atoms with Crippen LogP contribution in [0.25, 0.3) is 0 Å². The molecule has 16 heavy (non-hydrogen) atoms. The first-order chi connectivity index (χ1) is 7.74. The topological polar surface area (TPSA) is 30.2 Å². The van der Waals surface area contributed by atoms with Gasteiger partial charge in [-0.1, -0.05) is 0 Å². The lowest BCUT2D eigenvalue weighted by Crippen LogP contribution is -1.95. The van der Waals surface area contributed by atoms with E-state index in [4.69, 9.17) is 4.42 Å². The molecule has 2 aromatic heterocycles. The zero-order valence-electron chi connectivity index (χ0n) is 8.46. The summed E-state index contributed by atoms with van der Waals surface area (Å²) in [5.41, 5.74) is 1.35. The molecule has 0 spiro atoms. The van der Waals surface area contributed by atoms with E-state index in [1.165, 1.54) is 16.9 Å². The molecule has 0 amide bonds. The average molecular weight is 297 g/mol. The van der Waals surface area contributed by atoms with Crippen LogP contribution in [0.1, 0.15) is 32.3 Å². The van der Waals surface area contributed by atoms with Crippen LogP contribution in [0.5, 0.6) is 0 Å². The number of hydrogen-bond acceptors (Lipinski definition) is 3. The number of carbonyl (C=O) groups is 1. The van der Waals surface area contributed by atoms with Gasteiger partial charge in [0.15, 0.2) is 10.4 Å². The zero-order valence-corrected chi connectivity index (χ0v) is 10.9. The fourth-order valence-electron chi connectivity index (χ4n) is 2.00. The Morgan fingerprint density at radius 3 is 2.94 bits per heavy atom. The Kier molecular flexibility index (Phi) is 2.48. The zero-order chi connectivity index (χ0) is 11.1. The summed E-state index contributed by atoms with van der Waals surface area (Å²) in [6, 6.07) is 5.47. The molecular formula is C12H9BrO2S. The maximum atomic E-state index is 12.1. The standard InChI is InChI=1S/C12H9BrO2S/c13-11-5-4-8(15-11)12(14)10-6-7-2-1-3-9(7)16-10/h4-6H,1-3H2. The van der Waals surface area contributed by atoms with Gasteiger partial charge in [0.1, 0.15) is 0 Å². The van der Waals surface area contributed by atoms with Crippen molar-refractivity contribution in [3.05, 3.63) is 43.9 Å². The van der Waals surface area contributed by atoms with E-state index in [0.29, 0.717) is 10.4 Å². The lowest BCUT2D eigenvalue weighted by Gasteiger charge is -1.92. The molecule has 2 nitrogen and oxygen atoms in total. The third kappa shape index (κ3) is 1.66. The molecule has 0 radical (unpaired) electrons. The Balaban J connectivity index is 1.95. The minimum Gasteiger partial charge on any atom is -0.446 e. The molecule has 0 saturated carbocycles. The van der Waals surface area contributed by atoms with Gasteiger partial charge in [-0.3, -0.25) is 4.79 Å². The number of aryl methyl sites for hydroxylation is 2. The second kappa shape index (κ2) is 3.86. The van der Waals surface area contributed by atoms with E-state index < -0.39 is 0 Å². The monoisotopic (exact) mass is 296 g/mol. The van der Waals surface area contributed by atoms with Gasteiger partial charge >= 0.3 is 0 Å². The summed E-state index contributed by atoms with van der Waals surface area (Å²) in [7, 11) is 0. The highest BCUT2D eigenvalue weighted by molar-refractivity contribution is 9.10. The molecule has 0 saturated heterocycles. The molecule has 0 atom stereocenters. The highest BCUT2D eigenvalue weighted by atomic mass is 79.9. The fourth-order valence-corrected chi connectivity index (χ4v) is 3.50. The van der Waals surface area contributed by atoms with Crippen LogP contribution in [0.15, 0.2) is 27.3 Å². The highest BCUT2D eigenvalue weighted by Crippen LogP contribution is 2.32. The van der Waals surface area contributed by atoms with Crippen molar-refractivity contribution >= 4 is 33.0 Å². The van der Waals surface area contributed by atoms with Crippen molar-refractivity contribution in [2.45, 2.75) is 19.3 Å². The van der Waals surface area contributed by atoms with E-state index in [0.717, 1.165) is 17.7 Å². The minimum absolute atomic E-state index is 0.00917. The molecule has 1 aliphatic carbocycles. The molecule has 0 aliphatic heterocycles. The van der Waals surface area contributed by atoms with E-state index in [2.05, 4.69) is 15.9 Å². The van der Waals surface area contributed by atoms with Gasteiger partial charge in [0.25, 0.3) is 0 Å². The predicted octanol–water partition coefficient (Wildman–Crippen LogP) is 3.82. The third-order valence-electron chi connectivity index (χ3n) is 2.77. The van der Waals surface area contributed by atoms with E-state index in [9.17, 15) is 4.79 Å². The first-order valence-corrected chi connectivity index (χ1v) is 6.76. The van der Waals surface area contributed by atoms with Crippen molar-refractivity contribution in [3.8, 4) is 0 Å². The van der Waals surface area contributed by atoms with Gasteiger partial charge < -0.3 is 4.42 Å². The number of fused-ring (bicyclic) bond motifs is 1. The van der Waals surface area contributed by atoms with Gasteiger partial charge in [-0.25, -0.2) is 0 Å². The Bertz CT molecular complexity index is 532. The van der Waals surface area contributed by atoms with Gasteiger partial charge in [0, 0.05) is 4.88 Å². The highest BCUT2D eigenvalue weighted by Gasteiger charge is 2.21. The van der Waals surface area contributed by atoms with Crippen LogP contribution in [-0.2, 0) is 12.8 Å². The second-order valence-corrected chi connectivity index (χ2v) is 5.76. The van der Waals surface area contributed by atoms with Crippen molar-refractivity contribution in [2.24, 2.45) is 0 Å². The van der Waals surface area contributed by atoms with Crippen molar-refractivity contribution in [1.82, 2.24) is 0 Å². The number of hydrogen-bond donors (Lipinski definition) is 0. The number of rotatable bonds is 2. The van der Waals surface area contributed by atoms with Crippen LogP contribution in [0.2, 0.25) is 0 Å². The van der Waals surface area contributed by atoms with Crippen molar-refractivity contribution in [3.63, 3.8) is 0 Å². The predicted molar refractivity (Wildman–Crippen MR) is 66.2 cm³/mol. The first kappa shape index (κ1) is 10.3. The molecule has 0 unspecified atom stereocenters. The number of halogens is 1. The molecule has 2 heterocycles. The average Bonchev–Trinajstić information content (AvgIpc) is 2.89. The van der Waals surface area contributed by atoms with Crippen LogP contribution >= 0.6 is 27.3 Å². The van der Waals surface area contributed by atoms with E-state index in [1.807, 2.05) is 6.07 Å². The molecule has 4 heteroatoms. The number of thiophene rings is 1. The molecule has 0 bridgehead atoms. The van der Waals surface area contributed by atoms with Crippen molar-refractivity contribution in [2.75, 3.05) is 0 Å². The molecule has 2 aromatic rings. The Morgan fingerprint density at radius 2 is 2.25 bits per heavy atom. The summed E-state index contributed by atoms with van der Waals surface area (Å²) < 4.78 is 5.87. The van der Waals surface area contributed by atoms with E-state index in [-0.39, 0.29) is 5.78 Å². The summed E-state index contributed by atoms with van der Waals surface area (Å²) >= 11 is 4.81. The van der Waals surface area contributed by atoms with E-state index >= 15 is 0 Å². The minimum atomic E-state index is -0.00917. The molecular weight excluding hydrogens is 288 g/mol. The lowest BCUT2D eigenvalue weighted by molar-refractivity contribution is 0.101. The number of furan rings is 1. The van der Waals surface area contributed by atoms with Gasteiger partial charge in [-0.2, -0.15) is 0 Å². The quantitative estimate of drug-likeness (QED) is 0.789. The summed E-state index contributed by atoms with van der Waals surface area (Å²) in [6.07, 6.45) is 3.46. The van der Waals surface area contributed by atoms with Crippen molar-refractivity contribution in [1.29, 1.82) is 0 Å². The van der Waals surface area contributed by atoms with Crippen LogP contribution in [0, 0.1) is 0 Å². The molecule has 0 fully saturated rings. The second-order valence-electron chi connectivity index (χ2n) is 3.85. The fraction of sp³-hybridized carbons (Fsp3) is 0.250. The summed E-state index contributed by atoms with van der Waals surface area (Å²) in [6.45, 7) is 0. The van der Waals surface area contributed by atoms with Gasteiger partial charge in [-0.05, 0) is 59.0 Å². The van der Waals surface area contributed by atoms with Crippen LogP contribution in [0.3, 0.4) is 0 Å². The smallest absolute Gasteiger partial charge is 0.238 e. The molecule has 3 rings (SSSR count). The Morgan fingerprint density at radius 1 is 1.38 bits per heavy atom. The number of ketones is 1.